The number of nitrogens with zero attached hydrogens (tertiary/aromatic N) is 2. The molecule has 1 unspecified atom stereocenters. The Morgan fingerprint density at radius 2 is 1.73 bits per heavy atom. The monoisotopic (exact) mass is 360 g/mol. The van der Waals surface area contributed by atoms with Gasteiger partial charge in [-0.15, -0.1) is 0 Å². The highest BCUT2D eigenvalue weighted by molar-refractivity contribution is 5.96. The maximum absolute atomic E-state index is 12.5. The van der Waals surface area contributed by atoms with E-state index in [0.29, 0.717) is 17.5 Å². The predicted octanol–water partition coefficient (Wildman–Crippen LogP) is 5.13. The lowest BCUT2D eigenvalue weighted by Gasteiger charge is -2.11. The number of alkyl halides is 3. The summed E-state index contributed by atoms with van der Waals surface area (Å²) in [6, 6.07) is 15.8. The molecule has 26 heavy (non-hydrogen) atoms. The van der Waals surface area contributed by atoms with Gasteiger partial charge in [-0.1, -0.05) is 66.7 Å². The van der Waals surface area contributed by atoms with Gasteiger partial charge in [-0.3, -0.25) is 4.79 Å². The first-order valence-corrected chi connectivity index (χ1v) is 7.94. The van der Waals surface area contributed by atoms with Crippen molar-refractivity contribution in [3.63, 3.8) is 0 Å². The lowest BCUT2D eigenvalue weighted by Crippen LogP contribution is -2.05. The van der Waals surface area contributed by atoms with Crippen LogP contribution in [0.1, 0.15) is 41.1 Å². The molecular formula is C19H15F3N2O2. The zero-order valence-corrected chi connectivity index (χ0v) is 13.8. The van der Waals surface area contributed by atoms with E-state index in [4.69, 9.17) is 0 Å². The van der Waals surface area contributed by atoms with Crippen LogP contribution in [-0.4, -0.2) is 15.9 Å². The molecule has 3 rings (SSSR count). The van der Waals surface area contributed by atoms with Crippen molar-refractivity contribution in [3.8, 4) is 11.4 Å². The van der Waals surface area contributed by atoms with E-state index >= 15 is 0 Å². The van der Waals surface area contributed by atoms with Gasteiger partial charge in [0.15, 0.2) is 5.78 Å². The topological polar surface area (TPSA) is 56.0 Å². The molecule has 0 fully saturated rings. The minimum Gasteiger partial charge on any atom is -0.329 e. The Kier molecular flexibility index (Phi) is 4.88. The number of rotatable bonds is 5. The highest BCUT2D eigenvalue weighted by Crippen LogP contribution is 2.29. The number of carbonyl (C=O) groups excluding carboxylic acids is 1. The number of aromatic nitrogens is 2. The molecule has 0 saturated carbocycles. The van der Waals surface area contributed by atoms with Crippen LogP contribution in [0, 0.1) is 0 Å². The summed E-state index contributed by atoms with van der Waals surface area (Å²) in [6.45, 7) is 1.97. The van der Waals surface area contributed by atoms with Crippen LogP contribution >= 0.6 is 0 Å². The summed E-state index contributed by atoms with van der Waals surface area (Å²) in [7, 11) is 0. The maximum atomic E-state index is 12.5. The number of Topliss-reactive ketones (excluding diaryl/α,β-unsaturated/α-hetero) is 1. The Morgan fingerprint density at radius 1 is 1.08 bits per heavy atom. The minimum atomic E-state index is -4.69. The van der Waals surface area contributed by atoms with Crippen molar-refractivity contribution in [1.29, 1.82) is 0 Å². The Balaban J connectivity index is 1.71. The molecule has 4 nitrogen and oxygen atoms in total. The van der Waals surface area contributed by atoms with E-state index in [0.717, 1.165) is 5.56 Å². The number of carbonyl (C=O) groups is 1. The molecule has 1 aromatic heterocycles. The van der Waals surface area contributed by atoms with Crippen LogP contribution in [-0.2, 0) is 6.18 Å². The fourth-order valence-corrected chi connectivity index (χ4v) is 2.56. The summed E-state index contributed by atoms with van der Waals surface area (Å²) in [5, 5.41) is 3.32. The zero-order chi connectivity index (χ0) is 18.7. The van der Waals surface area contributed by atoms with Crippen molar-refractivity contribution >= 4 is 5.78 Å². The van der Waals surface area contributed by atoms with E-state index in [1.807, 2.05) is 37.3 Å². The third kappa shape index (κ3) is 3.99. The molecule has 7 heteroatoms. The van der Waals surface area contributed by atoms with Crippen molar-refractivity contribution in [3.05, 3.63) is 71.6 Å². The second kappa shape index (κ2) is 7.11. The molecule has 2 aromatic carbocycles. The van der Waals surface area contributed by atoms with Crippen molar-refractivity contribution in [2.75, 3.05) is 0 Å². The average Bonchev–Trinajstić information content (AvgIpc) is 3.13. The van der Waals surface area contributed by atoms with Crippen molar-refractivity contribution < 1.29 is 22.5 Å². The van der Waals surface area contributed by atoms with Crippen LogP contribution in [0.5, 0.6) is 0 Å². The fourth-order valence-electron chi connectivity index (χ4n) is 2.56. The first kappa shape index (κ1) is 17.8. The molecule has 0 N–H and O–H groups in total. The molecule has 0 radical (unpaired) electrons. The predicted molar refractivity (Wildman–Crippen MR) is 88.5 cm³/mol. The molecule has 0 aliphatic heterocycles. The highest BCUT2D eigenvalue weighted by Gasteiger charge is 2.38. The smallest absolute Gasteiger partial charge is 0.329 e. The van der Waals surface area contributed by atoms with Crippen LogP contribution in [0.2, 0.25) is 0 Å². The molecule has 0 aliphatic carbocycles. The SMILES string of the molecule is CC(CC(=O)c1ccc(-c2noc(C(F)(F)F)n2)cc1)c1ccccc1. The number of benzene rings is 2. The molecule has 3 aromatic rings. The third-order valence-electron chi connectivity index (χ3n) is 3.99. The minimum absolute atomic E-state index is 0.0444. The van der Waals surface area contributed by atoms with Crippen molar-refractivity contribution in [2.45, 2.75) is 25.4 Å². The molecule has 0 saturated heterocycles. The van der Waals surface area contributed by atoms with E-state index in [1.54, 1.807) is 12.1 Å². The van der Waals surface area contributed by atoms with Gasteiger partial charge >= 0.3 is 12.1 Å². The summed E-state index contributed by atoms with van der Waals surface area (Å²) in [5.41, 5.74) is 1.90. The molecule has 0 amide bonds. The molecule has 0 aliphatic rings. The highest BCUT2D eigenvalue weighted by atomic mass is 19.4. The Labute approximate surface area is 147 Å². The van der Waals surface area contributed by atoms with Crippen LogP contribution in [0.3, 0.4) is 0 Å². The Hall–Kier alpha value is -2.96. The molecule has 1 heterocycles. The first-order chi connectivity index (χ1) is 12.3. The largest absolute Gasteiger partial charge is 0.471 e. The summed E-state index contributed by atoms with van der Waals surface area (Å²) in [4.78, 5) is 15.7. The van der Waals surface area contributed by atoms with Gasteiger partial charge in [-0.25, -0.2) is 0 Å². The van der Waals surface area contributed by atoms with E-state index in [-0.39, 0.29) is 17.5 Å². The summed E-state index contributed by atoms with van der Waals surface area (Å²) in [6.07, 6.45) is -4.35. The second-order valence-electron chi connectivity index (χ2n) is 5.94. The Morgan fingerprint density at radius 3 is 2.31 bits per heavy atom. The summed E-state index contributed by atoms with van der Waals surface area (Å²) >= 11 is 0. The van der Waals surface area contributed by atoms with Crippen LogP contribution in [0.15, 0.2) is 59.1 Å². The second-order valence-corrected chi connectivity index (χ2v) is 5.94. The van der Waals surface area contributed by atoms with Crippen LogP contribution in [0.25, 0.3) is 11.4 Å². The van der Waals surface area contributed by atoms with Gasteiger partial charge < -0.3 is 4.52 Å². The van der Waals surface area contributed by atoms with Gasteiger partial charge in [0.2, 0.25) is 5.82 Å². The number of hydrogen-bond donors (Lipinski definition) is 0. The van der Waals surface area contributed by atoms with E-state index in [2.05, 4.69) is 14.7 Å². The maximum Gasteiger partial charge on any atom is 0.471 e. The van der Waals surface area contributed by atoms with E-state index < -0.39 is 12.1 Å². The number of halogens is 3. The Bertz CT molecular complexity index is 887. The van der Waals surface area contributed by atoms with Gasteiger partial charge in [0, 0.05) is 17.5 Å². The average molecular weight is 360 g/mol. The van der Waals surface area contributed by atoms with Crippen LogP contribution in [0.4, 0.5) is 13.2 Å². The van der Waals surface area contributed by atoms with Crippen LogP contribution < -0.4 is 0 Å². The van der Waals surface area contributed by atoms with Gasteiger partial charge in [-0.2, -0.15) is 18.2 Å². The normalized spacial score (nSPS) is 12.8. The standard InChI is InChI=1S/C19H15F3N2O2/c1-12(13-5-3-2-4-6-13)11-16(25)14-7-9-15(10-8-14)17-23-18(26-24-17)19(20,21)22/h2-10,12H,11H2,1H3. The van der Waals surface area contributed by atoms with Crippen molar-refractivity contribution in [1.82, 2.24) is 10.1 Å². The summed E-state index contributed by atoms with van der Waals surface area (Å²) in [5.74, 6) is -1.55. The molecule has 1 atom stereocenters. The molecule has 134 valence electrons. The quantitative estimate of drug-likeness (QED) is 0.592. The molecule has 0 bridgehead atoms. The van der Waals surface area contributed by atoms with Gasteiger partial charge in [0.1, 0.15) is 0 Å². The van der Waals surface area contributed by atoms with Gasteiger partial charge in [-0.05, 0) is 11.5 Å². The number of hydrogen-bond acceptors (Lipinski definition) is 4. The summed E-state index contributed by atoms with van der Waals surface area (Å²) < 4.78 is 41.7. The lowest BCUT2D eigenvalue weighted by atomic mass is 9.93. The fraction of sp³-hybridized carbons (Fsp3) is 0.211. The third-order valence-corrected chi connectivity index (χ3v) is 3.99. The lowest BCUT2D eigenvalue weighted by molar-refractivity contribution is -0.159. The molecule has 0 spiro atoms. The van der Waals surface area contributed by atoms with E-state index in [9.17, 15) is 18.0 Å². The molecular weight excluding hydrogens is 345 g/mol. The van der Waals surface area contributed by atoms with E-state index in [1.165, 1.54) is 12.1 Å². The van der Waals surface area contributed by atoms with Gasteiger partial charge in [0.05, 0.1) is 0 Å². The number of ketones is 1. The first-order valence-electron chi connectivity index (χ1n) is 7.94. The van der Waals surface area contributed by atoms with Crippen molar-refractivity contribution in [2.24, 2.45) is 0 Å². The zero-order valence-electron chi connectivity index (χ0n) is 13.8. The van der Waals surface area contributed by atoms with Gasteiger partial charge in [0.25, 0.3) is 0 Å².